The second kappa shape index (κ2) is 8.48. The molecule has 140 valence electrons. The second-order valence-corrected chi connectivity index (χ2v) is 7.94. The minimum Gasteiger partial charge on any atom is -0.354 e. The maximum absolute atomic E-state index is 12.3. The Kier molecular flexibility index (Phi) is 5.63. The molecule has 27 heavy (non-hydrogen) atoms. The molecule has 3 heterocycles. The molecule has 6 heteroatoms. The lowest BCUT2D eigenvalue weighted by molar-refractivity contribution is -0.125. The van der Waals surface area contributed by atoms with Crippen LogP contribution in [0.15, 0.2) is 48.2 Å². The van der Waals surface area contributed by atoms with E-state index in [-0.39, 0.29) is 11.8 Å². The summed E-state index contributed by atoms with van der Waals surface area (Å²) in [4.78, 5) is 17.6. The average Bonchev–Trinajstić information content (AvgIpc) is 3.39. The highest BCUT2D eigenvalue weighted by Crippen LogP contribution is 2.33. The van der Waals surface area contributed by atoms with E-state index in [0.717, 1.165) is 34.5 Å². The van der Waals surface area contributed by atoms with Crippen LogP contribution in [0.3, 0.4) is 0 Å². The highest BCUT2D eigenvalue weighted by atomic mass is 32.1. The molecule has 0 saturated heterocycles. The number of thiophene rings is 1. The topological polar surface area (TPSA) is 59.8 Å². The van der Waals surface area contributed by atoms with Gasteiger partial charge in [-0.25, -0.2) is 0 Å². The Balaban J connectivity index is 1.46. The van der Waals surface area contributed by atoms with E-state index in [2.05, 4.69) is 27.9 Å². The minimum atomic E-state index is 0.199. The maximum Gasteiger partial charge on any atom is 0.223 e. The number of nitrogens with one attached hydrogen (secondary N) is 1. The Morgan fingerprint density at radius 2 is 2.00 bits per heavy atom. The average molecular weight is 381 g/mol. The lowest BCUT2D eigenvalue weighted by atomic mass is 9.89. The van der Waals surface area contributed by atoms with Gasteiger partial charge in [0, 0.05) is 36.6 Å². The van der Waals surface area contributed by atoms with Crippen LogP contribution >= 0.6 is 11.3 Å². The molecule has 4 rings (SSSR count). The number of nitrogens with zero attached hydrogens (tertiary/aromatic N) is 3. The Bertz CT molecular complexity index is 867. The van der Waals surface area contributed by atoms with Gasteiger partial charge >= 0.3 is 0 Å². The van der Waals surface area contributed by atoms with Crippen molar-refractivity contribution in [3.8, 4) is 21.7 Å². The molecule has 0 atom stereocenters. The predicted octanol–water partition coefficient (Wildman–Crippen LogP) is 4.37. The Morgan fingerprint density at radius 3 is 2.74 bits per heavy atom. The summed E-state index contributed by atoms with van der Waals surface area (Å²) in [7, 11) is 0. The number of hydrogen-bond acceptors (Lipinski definition) is 4. The van der Waals surface area contributed by atoms with Crippen molar-refractivity contribution in [3.63, 3.8) is 0 Å². The molecule has 1 N–H and O–H groups in total. The van der Waals surface area contributed by atoms with Crippen LogP contribution in [0.5, 0.6) is 0 Å². The molecule has 3 aromatic rings. The van der Waals surface area contributed by atoms with E-state index >= 15 is 0 Å². The molecule has 1 aliphatic carbocycles. The van der Waals surface area contributed by atoms with Crippen molar-refractivity contribution in [2.75, 3.05) is 6.54 Å². The largest absolute Gasteiger partial charge is 0.354 e. The third-order valence-electron chi connectivity index (χ3n) is 5.12. The van der Waals surface area contributed by atoms with Crippen molar-refractivity contribution in [2.45, 2.75) is 38.6 Å². The number of pyridine rings is 1. The van der Waals surface area contributed by atoms with Gasteiger partial charge in [0.25, 0.3) is 0 Å². The summed E-state index contributed by atoms with van der Waals surface area (Å²) in [6.07, 6.45) is 11.3. The Morgan fingerprint density at radius 1 is 1.19 bits per heavy atom. The summed E-state index contributed by atoms with van der Waals surface area (Å²) in [5, 5.41) is 9.96. The fourth-order valence-corrected chi connectivity index (χ4v) is 4.40. The van der Waals surface area contributed by atoms with E-state index in [4.69, 9.17) is 5.10 Å². The second-order valence-electron chi connectivity index (χ2n) is 6.99. The fraction of sp³-hybridized carbons (Fsp3) is 0.381. The first kappa shape index (κ1) is 17.9. The molecule has 0 aromatic carbocycles. The molecule has 0 unspecified atom stereocenters. The van der Waals surface area contributed by atoms with Gasteiger partial charge in [-0.15, -0.1) is 11.3 Å². The summed E-state index contributed by atoms with van der Waals surface area (Å²) >= 11 is 1.68. The molecule has 0 bridgehead atoms. The van der Waals surface area contributed by atoms with E-state index in [1.54, 1.807) is 23.7 Å². The summed E-state index contributed by atoms with van der Waals surface area (Å²) in [5.41, 5.74) is 3.18. The van der Waals surface area contributed by atoms with E-state index in [0.29, 0.717) is 13.1 Å². The van der Waals surface area contributed by atoms with E-state index in [9.17, 15) is 4.79 Å². The lowest BCUT2D eigenvalue weighted by Gasteiger charge is -2.20. The van der Waals surface area contributed by atoms with Crippen LogP contribution < -0.4 is 5.32 Å². The number of aromatic nitrogens is 3. The van der Waals surface area contributed by atoms with E-state index in [1.807, 2.05) is 22.9 Å². The minimum absolute atomic E-state index is 0.199. The van der Waals surface area contributed by atoms with Gasteiger partial charge in [0.15, 0.2) is 0 Å². The number of rotatable bonds is 6. The van der Waals surface area contributed by atoms with E-state index < -0.39 is 0 Å². The third-order valence-corrected chi connectivity index (χ3v) is 6.00. The van der Waals surface area contributed by atoms with Crippen LogP contribution in [0.4, 0.5) is 0 Å². The van der Waals surface area contributed by atoms with Crippen LogP contribution in [0.2, 0.25) is 0 Å². The van der Waals surface area contributed by atoms with Crippen molar-refractivity contribution in [3.05, 3.63) is 48.2 Å². The van der Waals surface area contributed by atoms with Crippen molar-refractivity contribution in [1.82, 2.24) is 20.1 Å². The molecule has 3 aromatic heterocycles. The van der Waals surface area contributed by atoms with E-state index in [1.165, 1.54) is 19.3 Å². The van der Waals surface area contributed by atoms with Crippen molar-refractivity contribution in [1.29, 1.82) is 0 Å². The van der Waals surface area contributed by atoms with Gasteiger partial charge in [0.05, 0.1) is 11.4 Å². The van der Waals surface area contributed by atoms with Crippen LogP contribution in [0.25, 0.3) is 21.7 Å². The standard InChI is InChI=1S/C21H24N4OS/c26-21(17-5-2-1-3-6-17)23-12-13-25-15-18(16-8-10-22-11-9-16)20(24-25)19-7-4-14-27-19/h4,7-11,14-15,17H,1-3,5-6,12-13H2,(H,23,26). The van der Waals surface area contributed by atoms with Crippen LogP contribution in [0, 0.1) is 5.92 Å². The van der Waals surface area contributed by atoms with Gasteiger partial charge in [-0.2, -0.15) is 5.10 Å². The highest BCUT2D eigenvalue weighted by Gasteiger charge is 2.20. The van der Waals surface area contributed by atoms with Crippen molar-refractivity contribution < 1.29 is 4.79 Å². The van der Waals surface area contributed by atoms with Gasteiger partial charge < -0.3 is 5.32 Å². The molecule has 5 nitrogen and oxygen atoms in total. The van der Waals surface area contributed by atoms with Crippen molar-refractivity contribution >= 4 is 17.2 Å². The monoisotopic (exact) mass is 380 g/mol. The summed E-state index contributed by atoms with van der Waals surface area (Å²) in [5.74, 6) is 0.403. The molecule has 1 aliphatic rings. The molecule has 1 fully saturated rings. The van der Waals surface area contributed by atoms with Crippen molar-refractivity contribution in [2.24, 2.45) is 5.92 Å². The van der Waals surface area contributed by atoms with Gasteiger partial charge in [-0.3, -0.25) is 14.5 Å². The van der Waals surface area contributed by atoms with Crippen LogP contribution in [-0.2, 0) is 11.3 Å². The third kappa shape index (κ3) is 4.27. The number of carbonyl (C=O) groups is 1. The number of amides is 1. The highest BCUT2D eigenvalue weighted by molar-refractivity contribution is 7.13. The van der Waals surface area contributed by atoms with Gasteiger partial charge in [-0.1, -0.05) is 25.3 Å². The first-order valence-corrected chi connectivity index (χ1v) is 10.5. The summed E-state index contributed by atoms with van der Waals surface area (Å²) in [6.45, 7) is 1.28. The van der Waals surface area contributed by atoms with Crippen LogP contribution in [0.1, 0.15) is 32.1 Å². The number of carbonyl (C=O) groups excluding carboxylic acids is 1. The molecule has 0 radical (unpaired) electrons. The molecule has 0 spiro atoms. The van der Waals surface area contributed by atoms with Gasteiger partial charge in [-0.05, 0) is 42.0 Å². The molecular formula is C21H24N4OS. The summed E-state index contributed by atoms with van der Waals surface area (Å²) < 4.78 is 1.94. The number of hydrogen-bond donors (Lipinski definition) is 1. The fourth-order valence-electron chi connectivity index (χ4n) is 3.68. The Labute approximate surface area is 163 Å². The van der Waals surface area contributed by atoms with Gasteiger partial charge in [0.1, 0.15) is 5.69 Å². The Hall–Kier alpha value is -2.47. The molecular weight excluding hydrogens is 356 g/mol. The maximum atomic E-state index is 12.3. The molecule has 1 saturated carbocycles. The smallest absolute Gasteiger partial charge is 0.223 e. The van der Waals surface area contributed by atoms with Crippen LogP contribution in [-0.4, -0.2) is 27.2 Å². The summed E-state index contributed by atoms with van der Waals surface area (Å²) in [6, 6.07) is 8.14. The zero-order chi connectivity index (χ0) is 18.5. The SMILES string of the molecule is O=C(NCCn1cc(-c2ccncc2)c(-c2cccs2)n1)C1CCCCC1. The predicted molar refractivity (Wildman–Crippen MR) is 108 cm³/mol. The lowest BCUT2D eigenvalue weighted by Crippen LogP contribution is -2.34. The zero-order valence-electron chi connectivity index (χ0n) is 15.3. The zero-order valence-corrected chi connectivity index (χ0v) is 16.1. The quantitative estimate of drug-likeness (QED) is 0.691. The molecule has 0 aliphatic heterocycles. The molecule has 1 amide bonds. The first-order chi connectivity index (χ1) is 13.3. The normalized spacial score (nSPS) is 15.0. The first-order valence-electron chi connectivity index (χ1n) is 9.61. The van der Waals surface area contributed by atoms with Gasteiger partial charge in [0.2, 0.25) is 5.91 Å².